The standard InChI is InChI=1S/C18H20ClN5O/c1-3-15-17(19)18(22-12-21-15)20-9-11-25-16-8-10-24(23-16)14-6-4-13(2)5-7-14/h4-8,10,12H,3,9,11H2,1-2H3,(H,20,21,22). The van der Waals surface area contributed by atoms with Crippen molar-refractivity contribution >= 4 is 17.4 Å². The number of ether oxygens (including phenoxy) is 1. The van der Waals surface area contributed by atoms with Gasteiger partial charge in [0.2, 0.25) is 5.88 Å². The number of anilines is 1. The maximum Gasteiger partial charge on any atom is 0.233 e. The molecule has 0 aliphatic heterocycles. The van der Waals surface area contributed by atoms with E-state index in [0.29, 0.717) is 29.9 Å². The summed E-state index contributed by atoms with van der Waals surface area (Å²) >= 11 is 6.24. The number of aryl methyl sites for hydroxylation is 2. The molecule has 2 aromatic heterocycles. The number of aromatic nitrogens is 4. The van der Waals surface area contributed by atoms with E-state index < -0.39 is 0 Å². The Hall–Kier alpha value is -2.60. The van der Waals surface area contributed by atoms with E-state index in [4.69, 9.17) is 16.3 Å². The van der Waals surface area contributed by atoms with Crippen LogP contribution in [0, 0.1) is 6.92 Å². The van der Waals surface area contributed by atoms with Crippen molar-refractivity contribution in [3.05, 3.63) is 59.1 Å². The van der Waals surface area contributed by atoms with Crippen LogP contribution in [0.3, 0.4) is 0 Å². The van der Waals surface area contributed by atoms with E-state index in [0.717, 1.165) is 17.8 Å². The lowest BCUT2D eigenvalue weighted by Gasteiger charge is -2.09. The Morgan fingerprint density at radius 2 is 1.96 bits per heavy atom. The molecular weight excluding hydrogens is 338 g/mol. The van der Waals surface area contributed by atoms with Gasteiger partial charge < -0.3 is 10.1 Å². The third kappa shape index (κ3) is 4.28. The zero-order valence-electron chi connectivity index (χ0n) is 14.2. The van der Waals surface area contributed by atoms with Crippen molar-refractivity contribution in [1.29, 1.82) is 0 Å². The maximum atomic E-state index is 6.24. The van der Waals surface area contributed by atoms with E-state index in [1.165, 1.54) is 11.9 Å². The van der Waals surface area contributed by atoms with Crippen LogP contribution in [0.2, 0.25) is 5.02 Å². The van der Waals surface area contributed by atoms with Crippen molar-refractivity contribution in [3.63, 3.8) is 0 Å². The Kier molecular flexibility index (Phi) is 5.50. The highest BCUT2D eigenvalue weighted by Crippen LogP contribution is 2.21. The number of nitrogens with one attached hydrogen (secondary N) is 1. The Labute approximate surface area is 151 Å². The lowest BCUT2D eigenvalue weighted by molar-refractivity contribution is 0.317. The molecule has 0 bridgehead atoms. The highest BCUT2D eigenvalue weighted by atomic mass is 35.5. The van der Waals surface area contributed by atoms with Crippen LogP contribution in [0.15, 0.2) is 42.9 Å². The summed E-state index contributed by atoms with van der Waals surface area (Å²) in [6, 6.07) is 9.99. The molecule has 0 saturated heterocycles. The zero-order chi connectivity index (χ0) is 17.6. The Morgan fingerprint density at radius 3 is 2.72 bits per heavy atom. The fourth-order valence-corrected chi connectivity index (χ4v) is 2.62. The van der Waals surface area contributed by atoms with Gasteiger partial charge in [-0.3, -0.25) is 0 Å². The fourth-order valence-electron chi connectivity index (χ4n) is 2.33. The van der Waals surface area contributed by atoms with Gasteiger partial charge in [-0.05, 0) is 25.5 Å². The van der Waals surface area contributed by atoms with Gasteiger partial charge in [0.15, 0.2) is 0 Å². The third-order valence-corrected chi connectivity index (χ3v) is 4.10. The van der Waals surface area contributed by atoms with Crippen LogP contribution in [0.25, 0.3) is 5.69 Å². The number of nitrogens with zero attached hydrogens (tertiary/aromatic N) is 4. The smallest absolute Gasteiger partial charge is 0.233 e. The molecule has 0 aliphatic carbocycles. The van der Waals surface area contributed by atoms with Gasteiger partial charge in [0.25, 0.3) is 0 Å². The minimum atomic E-state index is 0.451. The number of hydrogen-bond acceptors (Lipinski definition) is 5. The molecule has 0 amide bonds. The first-order valence-corrected chi connectivity index (χ1v) is 8.54. The van der Waals surface area contributed by atoms with E-state index in [1.807, 2.05) is 31.3 Å². The number of hydrogen-bond donors (Lipinski definition) is 1. The Bertz CT molecular complexity index is 832. The van der Waals surface area contributed by atoms with E-state index in [9.17, 15) is 0 Å². The van der Waals surface area contributed by atoms with Gasteiger partial charge in [-0.15, -0.1) is 5.10 Å². The summed E-state index contributed by atoms with van der Waals surface area (Å²) in [6.45, 7) is 5.08. The van der Waals surface area contributed by atoms with Crippen LogP contribution in [0.4, 0.5) is 5.82 Å². The van der Waals surface area contributed by atoms with Crippen molar-refractivity contribution in [2.24, 2.45) is 0 Å². The fraction of sp³-hybridized carbons (Fsp3) is 0.278. The number of benzene rings is 1. The molecule has 0 fully saturated rings. The first kappa shape index (κ1) is 17.2. The van der Waals surface area contributed by atoms with Gasteiger partial charge in [-0.1, -0.05) is 36.2 Å². The van der Waals surface area contributed by atoms with Crippen molar-refractivity contribution in [2.45, 2.75) is 20.3 Å². The number of rotatable bonds is 7. The zero-order valence-corrected chi connectivity index (χ0v) is 15.0. The minimum absolute atomic E-state index is 0.451. The molecule has 0 aliphatic rings. The lowest BCUT2D eigenvalue weighted by Crippen LogP contribution is -2.13. The molecule has 7 heteroatoms. The predicted molar refractivity (Wildman–Crippen MR) is 98.7 cm³/mol. The average molecular weight is 358 g/mol. The molecule has 1 N–H and O–H groups in total. The third-order valence-electron chi connectivity index (χ3n) is 3.70. The average Bonchev–Trinajstić information content (AvgIpc) is 3.09. The lowest BCUT2D eigenvalue weighted by atomic mass is 10.2. The van der Waals surface area contributed by atoms with Gasteiger partial charge in [-0.25, -0.2) is 14.6 Å². The summed E-state index contributed by atoms with van der Waals surface area (Å²) in [5, 5.41) is 8.14. The summed E-state index contributed by atoms with van der Waals surface area (Å²) in [5.74, 6) is 1.20. The number of halogens is 1. The molecule has 2 heterocycles. The Balaban J connectivity index is 1.52. The summed E-state index contributed by atoms with van der Waals surface area (Å²) < 4.78 is 7.46. The van der Waals surface area contributed by atoms with Crippen LogP contribution in [-0.4, -0.2) is 32.9 Å². The predicted octanol–water partition coefficient (Wildman–Crippen LogP) is 3.68. The normalized spacial score (nSPS) is 10.7. The van der Waals surface area contributed by atoms with E-state index >= 15 is 0 Å². The molecule has 0 atom stereocenters. The second kappa shape index (κ2) is 7.98. The maximum absolute atomic E-state index is 6.24. The van der Waals surface area contributed by atoms with Crippen molar-refractivity contribution < 1.29 is 4.74 Å². The second-order valence-electron chi connectivity index (χ2n) is 5.55. The van der Waals surface area contributed by atoms with Crippen molar-refractivity contribution in [2.75, 3.05) is 18.5 Å². The highest BCUT2D eigenvalue weighted by molar-refractivity contribution is 6.33. The molecule has 130 valence electrons. The first-order valence-electron chi connectivity index (χ1n) is 8.16. The van der Waals surface area contributed by atoms with Crippen LogP contribution in [0.5, 0.6) is 5.88 Å². The highest BCUT2D eigenvalue weighted by Gasteiger charge is 2.07. The molecule has 25 heavy (non-hydrogen) atoms. The molecule has 0 unspecified atom stereocenters. The summed E-state index contributed by atoms with van der Waals surface area (Å²) in [7, 11) is 0. The van der Waals surface area contributed by atoms with Crippen LogP contribution in [-0.2, 0) is 6.42 Å². The molecule has 3 rings (SSSR count). The molecule has 0 saturated carbocycles. The van der Waals surface area contributed by atoms with Gasteiger partial charge in [0.1, 0.15) is 23.8 Å². The second-order valence-corrected chi connectivity index (χ2v) is 5.92. The SMILES string of the molecule is CCc1ncnc(NCCOc2ccn(-c3ccc(C)cc3)n2)c1Cl. The largest absolute Gasteiger partial charge is 0.475 e. The van der Waals surface area contributed by atoms with E-state index in [1.54, 1.807) is 4.68 Å². The van der Waals surface area contributed by atoms with Gasteiger partial charge in [0, 0.05) is 12.3 Å². The van der Waals surface area contributed by atoms with Crippen LogP contribution >= 0.6 is 11.6 Å². The van der Waals surface area contributed by atoms with Crippen molar-refractivity contribution in [3.8, 4) is 11.6 Å². The first-order chi connectivity index (χ1) is 12.2. The molecule has 0 spiro atoms. The van der Waals surface area contributed by atoms with Crippen molar-refractivity contribution in [1.82, 2.24) is 19.7 Å². The van der Waals surface area contributed by atoms with Crippen LogP contribution in [0.1, 0.15) is 18.2 Å². The molecule has 0 radical (unpaired) electrons. The van der Waals surface area contributed by atoms with E-state index in [-0.39, 0.29) is 0 Å². The van der Waals surface area contributed by atoms with Gasteiger partial charge in [0.05, 0.1) is 17.9 Å². The molecular formula is C18H20ClN5O. The summed E-state index contributed by atoms with van der Waals surface area (Å²) in [5.41, 5.74) is 3.04. The van der Waals surface area contributed by atoms with Crippen LogP contribution < -0.4 is 10.1 Å². The molecule has 1 aromatic carbocycles. The van der Waals surface area contributed by atoms with E-state index in [2.05, 4.69) is 39.4 Å². The summed E-state index contributed by atoms with van der Waals surface area (Å²) in [6.07, 6.45) is 4.16. The quantitative estimate of drug-likeness (QED) is 0.653. The van der Waals surface area contributed by atoms with Gasteiger partial charge >= 0.3 is 0 Å². The topological polar surface area (TPSA) is 64.9 Å². The van der Waals surface area contributed by atoms with Gasteiger partial charge in [-0.2, -0.15) is 0 Å². The molecule has 3 aromatic rings. The summed E-state index contributed by atoms with van der Waals surface area (Å²) in [4.78, 5) is 8.30. The Morgan fingerprint density at radius 1 is 1.16 bits per heavy atom. The monoisotopic (exact) mass is 357 g/mol. The minimum Gasteiger partial charge on any atom is -0.475 e. The molecule has 6 nitrogen and oxygen atoms in total.